The van der Waals surface area contributed by atoms with E-state index in [1.54, 1.807) is 24.3 Å². The molecule has 0 aromatic heterocycles. The van der Waals surface area contributed by atoms with Crippen LogP contribution in [0.5, 0.6) is 0 Å². The van der Waals surface area contributed by atoms with E-state index in [2.05, 4.69) is 5.32 Å². The van der Waals surface area contributed by atoms with Gasteiger partial charge in [0.1, 0.15) is 0 Å². The van der Waals surface area contributed by atoms with E-state index in [1.165, 1.54) is 6.42 Å². The quantitative estimate of drug-likeness (QED) is 0.883. The summed E-state index contributed by atoms with van der Waals surface area (Å²) in [6, 6.07) is 6.75. The third kappa shape index (κ3) is 3.58. The van der Waals surface area contributed by atoms with Crippen LogP contribution in [0.3, 0.4) is 0 Å². The van der Waals surface area contributed by atoms with Gasteiger partial charge in [-0.3, -0.25) is 14.4 Å². The molecule has 1 heterocycles. The predicted octanol–water partition coefficient (Wildman–Crippen LogP) is 1.91. The Morgan fingerprint density at radius 2 is 1.75 bits per heavy atom. The SMILES string of the molecule is NC(=O)c1ccc(NC(=O)C2CC(=O)N(C3CCCCC3)C2)cc1. The van der Waals surface area contributed by atoms with Crippen LogP contribution in [0.25, 0.3) is 0 Å². The van der Waals surface area contributed by atoms with Crippen LogP contribution in [-0.2, 0) is 9.59 Å². The van der Waals surface area contributed by atoms with Gasteiger partial charge in [0.15, 0.2) is 0 Å². The summed E-state index contributed by atoms with van der Waals surface area (Å²) in [6.07, 6.45) is 5.95. The van der Waals surface area contributed by atoms with E-state index >= 15 is 0 Å². The normalized spacial score (nSPS) is 21.8. The van der Waals surface area contributed by atoms with E-state index in [4.69, 9.17) is 5.73 Å². The van der Waals surface area contributed by atoms with Gasteiger partial charge in [0.25, 0.3) is 0 Å². The second kappa shape index (κ2) is 7.03. The highest BCUT2D eigenvalue weighted by molar-refractivity contribution is 5.98. The fourth-order valence-electron chi connectivity index (χ4n) is 3.62. The van der Waals surface area contributed by atoms with Crippen molar-refractivity contribution in [2.45, 2.75) is 44.6 Å². The number of nitrogens with two attached hydrogens (primary N) is 1. The van der Waals surface area contributed by atoms with Gasteiger partial charge in [0.2, 0.25) is 17.7 Å². The Morgan fingerprint density at radius 1 is 1.08 bits per heavy atom. The number of carbonyl (C=O) groups excluding carboxylic acids is 3. The molecule has 1 aromatic rings. The third-order valence-corrected chi connectivity index (χ3v) is 4.98. The first-order valence-corrected chi connectivity index (χ1v) is 8.55. The molecule has 1 unspecified atom stereocenters. The van der Waals surface area contributed by atoms with E-state index < -0.39 is 5.91 Å². The smallest absolute Gasteiger partial charge is 0.248 e. The first kappa shape index (κ1) is 16.5. The van der Waals surface area contributed by atoms with Gasteiger partial charge in [-0.25, -0.2) is 0 Å². The molecule has 1 aromatic carbocycles. The molecule has 0 spiro atoms. The van der Waals surface area contributed by atoms with Gasteiger partial charge in [0.05, 0.1) is 5.92 Å². The molecule has 1 saturated carbocycles. The topological polar surface area (TPSA) is 92.5 Å². The molecule has 1 aliphatic heterocycles. The Labute approximate surface area is 141 Å². The van der Waals surface area contributed by atoms with Crippen molar-refractivity contribution in [1.29, 1.82) is 0 Å². The molecule has 1 saturated heterocycles. The molecule has 3 amide bonds. The van der Waals surface area contributed by atoms with E-state index in [-0.39, 0.29) is 24.2 Å². The lowest BCUT2D eigenvalue weighted by atomic mass is 9.94. The number of hydrogen-bond acceptors (Lipinski definition) is 3. The van der Waals surface area contributed by atoms with Crippen molar-refractivity contribution in [2.24, 2.45) is 11.7 Å². The average Bonchev–Trinajstić information content (AvgIpc) is 2.98. The maximum Gasteiger partial charge on any atom is 0.248 e. The van der Waals surface area contributed by atoms with E-state index in [9.17, 15) is 14.4 Å². The molecule has 6 nitrogen and oxygen atoms in total. The van der Waals surface area contributed by atoms with Crippen molar-refractivity contribution in [3.8, 4) is 0 Å². The van der Waals surface area contributed by atoms with Gasteiger partial charge in [0, 0.05) is 30.3 Å². The molecule has 6 heteroatoms. The highest BCUT2D eigenvalue weighted by Crippen LogP contribution is 2.29. The fourth-order valence-corrected chi connectivity index (χ4v) is 3.62. The molecule has 2 aliphatic rings. The first-order chi connectivity index (χ1) is 11.5. The molecule has 3 N–H and O–H groups in total. The van der Waals surface area contributed by atoms with Crippen LogP contribution in [-0.4, -0.2) is 35.2 Å². The number of anilines is 1. The standard InChI is InChI=1S/C18H23N3O3/c19-17(23)12-6-8-14(9-7-12)20-18(24)13-10-16(22)21(11-13)15-4-2-1-3-5-15/h6-9,13,15H,1-5,10-11H2,(H2,19,23)(H,20,24). The fraction of sp³-hybridized carbons (Fsp3) is 0.500. The minimum absolute atomic E-state index is 0.0890. The second-order valence-electron chi connectivity index (χ2n) is 6.67. The average molecular weight is 329 g/mol. The summed E-state index contributed by atoms with van der Waals surface area (Å²) in [4.78, 5) is 37.6. The molecule has 0 bridgehead atoms. The Kier molecular flexibility index (Phi) is 4.83. The lowest BCUT2D eigenvalue weighted by Gasteiger charge is -2.31. The zero-order chi connectivity index (χ0) is 17.1. The highest BCUT2D eigenvalue weighted by Gasteiger charge is 2.38. The van der Waals surface area contributed by atoms with Crippen LogP contribution in [0.15, 0.2) is 24.3 Å². The maximum absolute atomic E-state index is 12.4. The predicted molar refractivity (Wildman–Crippen MR) is 90.3 cm³/mol. The largest absolute Gasteiger partial charge is 0.366 e. The zero-order valence-electron chi connectivity index (χ0n) is 13.7. The summed E-state index contributed by atoms with van der Waals surface area (Å²) < 4.78 is 0. The summed E-state index contributed by atoms with van der Waals surface area (Å²) in [5.74, 6) is -0.868. The van der Waals surface area contributed by atoms with Crippen LogP contribution >= 0.6 is 0 Å². The molecule has 24 heavy (non-hydrogen) atoms. The molecular formula is C18H23N3O3. The van der Waals surface area contributed by atoms with Crippen molar-refractivity contribution < 1.29 is 14.4 Å². The summed E-state index contributed by atoms with van der Waals surface area (Å²) in [5.41, 5.74) is 6.20. The summed E-state index contributed by atoms with van der Waals surface area (Å²) in [6.45, 7) is 0.509. The lowest BCUT2D eigenvalue weighted by molar-refractivity contribution is -0.130. The third-order valence-electron chi connectivity index (χ3n) is 4.98. The highest BCUT2D eigenvalue weighted by atomic mass is 16.2. The summed E-state index contributed by atoms with van der Waals surface area (Å²) in [7, 11) is 0. The van der Waals surface area contributed by atoms with Crippen LogP contribution in [0.4, 0.5) is 5.69 Å². The zero-order valence-corrected chi connectivity index (χ0v) is 13.7. The van der Waals surface area contributed by atoms with Gasteiger partial charge in [-0.2, -0.15) is 0 Å². The number of benzene rings is 1. The minimum atomic E-state index is -0.502. The van der Waals surface area contributed by atoms with Gasteiger partial charge >= 0.3 is 0 Å². The van der Waals surface area contributed by atoms with Crippen molar-refractivity contribution in [2.75, 3.05) is 11.9 Å². The Balaban J connectivity index is 1.59. The summed E-state index contributed by atoms with van der Waals surface area (Å²) >= 11 is 0. The molecular weight excluding hydrogens is 306 g/mol. The Morgan fingerprint density at radius 3 is 2.38 bits per heavy atom. The number of nitrogens with zero attached hydrogens (tertiary/aromatic N) is 1. The van der Waals surface area contributed by atoms with Gasteiger partial charge in [-0.15, -0.1) is 0 Å². The van der Waals surface area contributed by atoms with Crippen molar-refractivity contribution in [3.05, 3.63) is 29.8 Å². The van der Waals surface area contributed by atoms with Crippen LogP contribution in [0.2, 0.25) is 0 Å². The first-order valence-electron chi connectivity index (χ1n) is 8.55. The molecule has 2 fully saturated rings. The maximum atomic E-state index is 12.4. The molecule has 0 radical (unpaired) electrons. The molecule has 3 rings (SSSR count). The van der Waals surface area contributed by atoms with Gasteiger partial charge in [-0.1, -0.05) is 19.3 Å². The van der Waals surface area contributed by atoms with E-state index in [0.29, 0.717) is 23.8 Å². The van der Waals surface area contributed by atoms with Crippen LogP contribution in [0, 0.1) is 5.92 Å². The van der Waals surface area contributed by atoms with E-state index in [0.717, 1.165) is 25.7 Å². The number of rotatable bonds is 4. The number of primary amides is 1. The lowest BCUT2D eigenvalue weighted by Crippen LogP contribution is -2.38. The van der Waals surface area contributed by atoms with Gasteiger partial charge in [-0.05, 0) is 37.1 Å². The van der Waals surface area contributed by atoms with E-state index in [1.807, 2.05) is 4.90 Å². The van der Waals surface area contributed by atoms with Crippen molar-refractivity contribution in [1.82, 2.24) is 4.90 Å². The van der Waals surface area contributed by atoms with Gasteiger partial charge < -0.3 is 16.0 Å². The minimum Gasteiger partial charge on any atom is -0.366 e. The summed E-state index contributed by atoms with van der Waals surface area (Å²) in [5, 5.41) is 2.82. The number of amides is 3. The monoisotopic (exact) mass is 329 g/mol. The Hall–Kier alpha value is -2.37. The number of hydrogen-bond donors (Lipinski definition) is 2. The van der Waals surface area contributed by atoms with Crippen LogP contribution < -0.4 is 11.1 Å². The number of likely N-dealkylation sites (tertiary alicyclic amines) is 1. The number of carbonyl (C=O) groups is 3. The molecule has 1 atom stereocenters. The molecule has 128 valence electrons. The number of nitrogens with one attached hydrogen (secondary N) is 1. The van der Waals surface area contributed by atoms with Crippen LogP contribution in [0.1, 0.15) is 48.9 Å². The molecule has 1 aliphatic carbocycles. The van der Waals surface area contributed by atoms with Crippen molar-refractivity contribution in [3.63, 3.8) is 0 Å². The Bertz CT molecular complexity index is 635. The second-order valence-corrected chi connectivity index (χ2v) is 6.67. The van der Waals surface area contributed by atoms with Crippen molar-refractivity contribution >= 4 is 23.4 Å².